The van der Waals surface area contributed by atoms with Crippen molar-refractivity contribution in [1.82, 2.24) is 15.5 Å². The van der Waals surface area contributed by atoms with Crippen LogP contribution in [0.2, 0.25) is 0 Å². The summed E-state index contributed by atoms with van der Waals surface area (Å²) in [6, 6.07) is 5.49. The van der Waals surface area contributed by atoms with E-state index in [1.54, 1.807) is 12.1 Å². The smallest absolute Gasteiger partial charge is 0.341 e. The van der Waals surface area contributed by atoms with Gasteiger partial charge in [0.15, 0.2) is 5.96 Å². The predicted octanol–water partition coefficient (Wildman–Crippen LogP) is 2.17. The molecule has 2 N–H and O–H groups in total. The van der Waals surface area contributed by atoms with Gasteiger partial charge in [-0.05, 0) is 31.0 Å². The lowest BCUT2D eigenvalue weighted by atomic mass is 10.1. The van der Waals surface area contributed by atoms with Crippen molar-refractivity contribution >= 4 is 41.8 Å². The molecule has 2 rings (SSSR count). The molecular weight excluding hydrogens is 487 g/mol. The van der Waals surface area contributed by atoms with Crippen LogP contribution in [0.4, 0.5) is 0 Å². The highest BCUT2D eigenvalue weighted by Crippen LogP contribution is 2.21. The lowest BCUT2D eigenvalue weighted by Gasteiger charge is -2.18. The number of nitrogens with one attached hydrogen (secondary N) is 2. The fraction of sp³-hybridized carbons (Fsp3) is 0.550. The number of carbonyl (C=O) groups is 2. The van der Waals surface area contributed by atoms with Crippen molar-refractivity contribution in [3.63, 3.8) is 0 Å². The zero-order valence-corrected chi connectivity index (χ0v) is 19.8. The van der Waals surface area contributed by atoms with Crippen LogP contribution in [0.5, 0.6) is 5.75 Å². The number of rotatable bonds is 7. The van der Waals surface area contributed by atoms with Crippen LogP contribution in [0, 0.1) is 0 Å². The van der Waals surface area contributed by atoms with Crippen LogP contribution < -0.4 is 15.4 Å². The number of hydrogen-bond acceptors (Lipinski definition) is 5. The van der Waals surface area contributed by atoms with Crippen molar-refractivity contribution in [1.29, 1.82) is 0 Å². The molecule has 0 spiro atoms. The molecule has 1 heterocycles. The third kappa shape index (κ3) is 7.06. The van der Waals surface area contributed by atoms with E-state index < -0.39 is 5.97 Å². The molecule has 0 radical (unpaired) electrons. The van der Waals surface area contributed by atoms with Gasteiger partial charge >= 0.3 is 5.97 Å². The average molecular weight is 518 g/mol. The minimum atomic E-state index is -0.436. The van der Waals surface area contributed by atoms with Gasteiger partial charge < -0.3 is 25.0 Å². The Kier molecular flexibility index (Phi) is 10.8. The summed E-state index contributed by atoms with van der Waals surface area (Å²) >= 11 is 0. The first-order chi connectivity index (χ1) is 13.5. The molecule has 1 fully saturated rings. The third-order valence-electron chi connectivity index (χ3n) is 4.62. The molecule has 0 aromatic heterocycles. The average Bonchev–Trinajstić information content (AvgIpc) is 3.19. The number of ether oxygens (including phenoxy) is 2. The van der Waals surface area contributed by atoms with E-state index in [4.69, 9.17) is 9.47 Å². The fourth-order valence-electron chi connectivity index (χ4n) is 3.12. The fourth-order valence-corrected chi connectivity index (χ4v) is 3.12. The normalized spacial score (nSPS) is 16.1. The highest BCUT2D eigenvalue weighted by atomic mass is 127. The van der Waals surface area contributed by atoms with Crippen LogP contribution in [-0.2, 0) is 16.1 Å². The summed E-state index contributed by atoms with van der Waals surface area (Å²) in [4.78, 5) is 30.1. The number of aliphatic imine (C=N–C) groups is 1. The van der Waals surface area contributed by atoms with Crippen molar-refractivity contribution < 1.29 is 19.1 Å². The Balaban J connectivity index is 0.00000420. The van der Waals surface area contributed by atoms with Crippen LogP contribution in [0.25, 0.3) is 0 Å². The maximum Gasteiger partial charge on any atom is 0.341 e. The van der Waals surface area contributed by atoms with E-state index in [2.05, 4.69) is 15.6 Å². The first-order valence-corrected chi connectivity index (χ1v) is 9.60. The van der Waals surface area contributed by atoms with Crippen molar-refractivity contribution in [3.8, 4) is 5.75 Å². The molecule has 1 unspecified atom stereocenters. The zero-order chi connectivity index (χ0) is 20.5. The second kappa shape index (κ2) is 12.5. The second-order valence-corrected chi connectivity index (χ2v) is 6.54. The molecule has 162 valence electrons. The summed E-state index contributed by atoms with van der Waals surface area (Å²) in [5.74, 6) is 0.912. The molecule has 29 heavy (non-hydrogen) atoms. The van der Waals surface area contributed by atoms with E-state index in [-0.39, 0.29) is 35.9 Å². The Hall–Kier alpha value is -2.04. The molecule has 1 aliphatic heterocycles. The van der Waals surface area contributed by atoms with Gasteiger partial charge in [0.1, 0.15) is 11.3 Å². The molecule has 1 aromatic carbocycles. The minimum Gasteiger partial charge on any atom is -0.496 e. The number of carbonyl (C=O) groups excluding carboxylic acids is 2. The zero-order valence-electron chi connectivity index (χ0n) is 17.5. The first kappa shape index (κ1) is 25.0. The summed E-state index contributed by atoms with van der Waals surface area (Å²) in [6.07, 6.45) is 1.43. The highest BCUT2D eigenvalue weighted by Gasteiger charge is 2.25. The number of likely N-dealkylation sites (tertiary alicyclic amines) is 1. The molecule has 0 bridgehead atoms. The van der Waals surface area contributed by atoms with E-state index >= 15 is 0 Å². The van der Waals surface area contributed by atoms with Crippen molar-refractivity contribution in [2.45, 2.75) is 39.3 Å². The molecule has 1 atom stereocenters. The number of benzene rings is 1. The van der Waals surface area contributed by atoms with Gasteiger partial charge in [0.05, 0.1) is 20.8 Å². The van der Waals surface area contributed by atoms with Gasteiger partial charge in [-0.2, -0.15) is 0 Å². The monoisotopic (exact) mass is 518 g/mol. The number of methoxy groups -OCH3 is 2. The van der Waals surface area contributed by atoms with Crippen LogP contribution in [0.15, 0.2) is 23.2 Å². The summed E-state index contributed by atoms with van der Waals surface area (Å²) in [5, 5.41) is 6.64. The number of amides is 1. The number of esters is 1. The Morgan fingerprint density at radius 2 is 2.03 bits per heavy atom. The standard InChI is InChI=1S/C20H30N4O4.HI/c1-5-18(25)24-10-9-15(13-24)23-20(21-6-2)22-12-14-7-8-16(19(26)28-4)17(11-14)27-3;/h7-8,11,15H,5-6,9-10,12-13H2,1-4H3,(H2,21,22,23);1H. The number of guanidine groups is 1. The van der Waals surface area contributed by atoms with Crippen LogP contribution in [-0.4, -0.2) is 62.6 Å². The topological polar surface area (TPSA) is 92.3 Å². The van der Waals surface area contributed by atoms with Gasteiger partial charge in [0.2, 0.25) is 5.91 Å². The predicted molar refractivity (Wildman–Crippen MR) is 123 cm³/mol. The van der Waals surface area contributed by atoms with Crippen LogP contribution >= 0.6 is 24.0 Å². The number of nitrogens with zero attached hydrogens (tertiary/aromatic N) is 2. The van der Waals surface area contributed by atoms with Crippen LogP contribution in [0.3, 0.4) is 0 Å². The SMILES string of the molecule is CCNC(=NCc1ccc(C(=O)OC)c(OC)c1)NC1CCN(C(=O)CC)C1.I. The van der Waals surface area contributed by atoms with E-state index in [0.29, 0.717) is 36.8 Å². The van der Waals surface area contributed by atoms with E-state index in [9.17, 15) is 9.59 Å². The molecular formula is C20H31IN4O4. The Bertz CT molecular complexity index is 726. The summed E-state index contributed by atoms with van der Waals surface area (Å²) in [7, 11) is 2.86. The molecule has 1 amide bonds. The highest BCUT2D eigenvalue weighted by molar-refractivity contribution is 14.0. The maximum atomic E-state index is 11.8. The van der Waals surface area contributed by atoms with Gasteiger partial charge in [-0.1, -0.05) is 13.0 Å². The Morgan fingerprint density at radius 3 is 2.66 bits per heavy atom. The van der Waals surface area contributed by atoms with E-state index in [0.717, 1.165) is 25.1 Å². The molecule has 9 heteroatoms. The van der Waals surface area contributed by atoms with Crippen molar-refractivity contribution in [2.24, 2.45) is 4.99 Å². The van der Waals surface area contributed by atoms with E-state index in [1.807, 2.05) is 24.8 Å². The lowest BCUT2D eigenvalue weighted by molar-refractivity contribution is -0.129. The summed E-state index contributed by atoms with van der Waals surface area (Å²) in [5.41, 5.74) is 1.30. The molecule has 8 nitrogen and oxygen atoms in total. The van der Waals surface area contributed by atoms with Crippen molar-refractivity contribution in [3.05, 3.63) is 29.3 Å². The Labute approximate surface area is 189 Å². The molecule has 0 aliphatic carbocycles. The molecule has 1 aromatic rings. The van der Waals surface area contributed by atoms with Gasteiger partial charge in [-0.25, -0.2) is 9.79 Å². The number of halogens is 1. The van der Waals surface area contributed by atoms with Crippen LogP contribution in [0.1, 0.15) is 42.6 Å². The van der Waals surface area contributed by atoms with Gasteiger partial charge in [0.25, 0.3) is 0 Å². The van der Waals surface area contributed by atoms with Crippen molar-refractivity contribution in [2.75, 3.05) is 33.9 Å². The van der Waals surface area contributed by atoms with Gasteiger partial charge in [-0.3, -0.25) is 4.79 Å². The quantitative estimate of drug-likeness (QED) is 0.249. The first-order valence-electron chi connectivity index (χ1n) is 9.60. The largest absolute Gasteiger partial charge is 0.496 e. The van der Waals surface area contributed by atoms with E-state index in [1.165, 1.54) is 14.2 Å². The van der Waals surface area contributed by atoms with Gasteiger partial charge in [-0.15, -0.1) is 24.0 Å². The summed E-state index contributed by atoms with van der Waals surface area (Å²) in [6.45, 7) is 6.52. The molecule has 0 saturated carbocycles. The molecule has 1 saturated heterocycles. The lowest BCUT2D eigenvalue weighted by Crippen LogP contribution is -2.45. The minimum absolute atomic E-state index is 0. The maximum absolute atomic E-state index is 11.8. The second-order valence-electron chi connectivity index (χ2n) is 6.54. The molecule has 1 aliphatic rings. The third-order valence-corrected chi connectivity index (χ3v) is 4.62. The Morgan fingerprint density at radius 1 is 1.28 bits per heavy atom. The number of hydrogen-bond donors (Lipinski definition) is 2. The van der Waals surface area contributed by atoms with Gasteiger partial charge in [0, 0.05) is 32.1 Å². The summed E-state index contributed by atoms with van der Waals surface area (Å²) < 4.78 is 10.1.